The van der Waals surface area contributed by atoms with Gasteiger partial charge in [-0.2, -0.15) is 0 Å². The van der Waals surface area contributed by atoms with Gasteiger partial charge >= 0.3 is 11.9 Å². The first-order chi connectivity index (χ1) is 28.5. The monoisotopic (exact) mass is 851 g/mol. The molecule has 0 aliphatic carbocycles. The van der Waals surface area contributed by atoms with Crippen LogP contribution in [0.4, 0.5) is 0 Å². The Kier molecular flexibility index (Phi) is 30.1. The number of ether oxygens (including phenoxy) is 6. The molecule has 0 aromatic carbocycles. The molecule has 0 bridgehead atoms. The summed E-state index contributed by atoms with van der Waals surface area (Å²) in [5.41, 5.74) is 0. The lowest BCUT2D eigenvalue weighted by Gasteiger charge is -2.42. The number of rotatable bonds is 35. The third-order valence-corrected chi connectivity index (χ3v) is 11.3. The van der Waals surface area contributed by atoms with Crippen molar-refractivity contribution >= 4 is 11.9 Å². The average Bonchev–Trinajstić information content (AvgIpc) is 3.23. The van der Waals surface area contributed by atoms with Gasteiger partial charge in [0, 0.05) is 12.8 Å². The quantitative estimate of drug-likeness (QED) is 0.0333. The molecule has 7 N–H and O–H groups in total. The fourth-order valence-electron chi connectivity index (χ4n) is 7.45. The maximum absolute atomic E-state index is 12.9. The Labute approximate surface area is 353 Å². The Hall–Kier alpha value is -1.50. The summed E-state index contributed by atoms with van der Waals surface area (Å²) < 4.78 is 33.4. The van der Waals surface area contributed by atoms with Crippen molar-refractivity contribution in [1.82, 2.24) is 0 Å². The zero-order valence-electron chi connectivity index (χ0n) is 36.3. The van der Waals surface area contributed by atoms with Gasteiger partial charge in [0.05, 0.1) is 19.8 Å². The largest absolute Gasteiger partial charge is 0.462 e. The molecule has 0 saturated carbocycles. The second kappa shape index (κ2) is 33.1. The van der Waals surface area contributed by atoms with E-state index in [-0.39, 0.29) is 26.1 Å². The van der Waals surface area contributed by atoms with Gasteiger partial charge in [-0.3, -0.25) is 9.59 Å². The number of hydrogen-bond donors (Lipinski definition) is 7. The molecule has 2 aliphatic rings. The number of unbranched alkanes of at least 4 members (excludes halogenated alkanes) is 21. The molecule has 2 saturated heterocycles. The first kappa shape index (κ1) is 53.6. The second-order valence-electron chi connectivity index (χ2n) is 16.6. The van der Waals surface area contributed by atoms with Crippen LogP contribution in [-0.4, -0.2) is 142 Å². The van der Waals surface area contributed by atoms with Crippen molar-refractivity contribution in [1.29, 1.82) is 0 Å². The summed E-state index contributed by atoms with van der Waals surface area (Å²) in [6.45, 7) is 2.55. The molecule has 0 spiro atoms. The third-order valence-electron chi connectivity index (χ3n) is 11.3. The highest BCUT2D eigenvalue weighted by Crippen LogP contribution is 2.26. The molecule has 2 rings (SSSR count). The summed E-state index contributed by atoms with van der Waals surface area (Å²) in [7, 11) is 0. The van der Waals surface area contributed by atoms with E-state index < -0.39 is 92.7 Å². The van der Waals surface area contributed by atoms with Gasteiger partial charge in [0.1, 0.15) is 55.4 Å². The van der Waals surface area contributed by atoms with Crippen molar-refractivity contribution in [2.45, 2.75) is 242 Å². The molecule has 0 radical (unpaired) electrons. The van der Waals surface area contributed by atoms with Crippen LogP contribution in [0.3, 0.4) is 0 Å². The molecule has 59 heavy (non-hydrogen) atoms. The van der Waals surface area contributed by atoms with Gasteiger partial charge in [-0.1, -0.05) is 149 Å². The highest BCUT2D eigenvalue weighted by molar-refractivity contribution is 5.70. The Bertz CT molecular complexity index is 1050. The summed E-state index contributed by atoms with van der Waals surface area (Å²) in [4.78, 5) is 25.5. The maximum Gasteiger partial charge on any atom is 0.306 e. The van der Waals surface area contributed by atoms with E-state index in [0.717, 1.165) is 38.5 Å². The number of carbonyl (C=O) groups is 2. The molecular weight excluding hydrogens is 768 g/mol. The van der Waals surface area contributed by atoms with Crippen LogP contribution in [0.15, 0.2) is 0 Å². The van der Waals surface area contributed by atoms with E-state index in [4.69, 9.17) is 28.4 Å². The maximum atomic E-state index is 12.9. The first-order valence-corrected chi connectivity index (χ1v) is 23.1. The highest BCUT2D eigenvalue weighted by atomic mass is 16.7. The van der Waals surface area contributed by atoms with Crippen LogP contribution in [-0.2, 0) is 38.0 Å². The summed E-state index contributed by atoms with van der Waals surface area (Å²) in [5.74, 6) is -0.920. The fourth-order valence-corrected chi connectivity index (χ4v) is 7.45. The van der Waals surface area contributed by atoms with Gasteiger partial charge in [-0.15, -0.1) is 0 Å². The summed E-state index contributed by atoms with van der Waals surface area (Å²) in [6.07, 6.45) is 10.2. The number of aliphatic hydroxyl groups is 7. The van der Waals surface area contributed by atoms with Crippen molar-refractivity contribution in [2.24, 2.45) is 0 Å². The molecule has 348 valence electrons. The number of esters is 2. The van der Waals surface area contributed by atoms with Crippen LogP contribution in [0.1, 0.15) is 174 Å². The van der Waals surface area contributed by atoms with Crippen LogP contribution >= 0.6 is 0 Å². The molecule has 0 unspecified atom stereocenters. The van der Waals surface area contributed by atoms with E-state index >= 15 is 0 Å². The zero-order valence-corrected chi connectivity index (χ0v) is 36.3. The SMILES string of the molecule is CCCCCCCCCCCCCCCCCC(=O)O[C@H](COC(=O)CCCCCCCCCC)CO[C@@H]1O[C@H](CO[C@H]2O[C@H](CO)[C@H](O)[C@H](O)[C@H]2O)[C@H](O)[C@H](O)[C@H]1O. The van der Waals surface area contributed by atoms with Crippen LogP contribution < -0.4 is 0 Å². The van der Waals surface area contributed by atoms with Gasteiger partial charge in [-0.25, -0.2) is 0 Å². The minimum atomic E-state index is -1.76. The Morgan fingerprint density at radius 2 is 0.864 bits per heavy atom. The van der Waals surface area contributed by atoms with Crippen LogP contribution in [0.5, 0.6) is 0 Å². The van der Waals surface area contributed by atoms with E-state index in [0.29, 0.717) is 12.8 Å². The van der Waals surface area contributed by atoms with Gasteiger partial charge in [0.15, 0.2) is 18.7 Å². The lowest BCUT2D eigenvalue weighted by Crippen LogP contribution is -2.61. The number of carbonyl (C=O) groups excluding carboxylic acids is 2. The van der Waals surface area contributed by atoms with Crippen molar-refractivity contribution in [3.63, 3.8) is 0 Å². The fraction of sp³-hybridized carbons (Fsp3) is 0.955. The molecule has 2 fully saturated rings. The molecule has 2 aliphatic heterocycles. The molecular formula is C44H82O15. The normalized spacial score (nSPS) is 27.7. The Morgan fingerprint density at radius 3 is 1.32 bits per heavy atom. The van der Waals surface area contributed by atoms with E-state index in [1.54, 1.807) is 0 Å². The molecule has 11 atom stereocenters. The third kappa shape index (κ3) is 22.4. The van der Waals surface area contributed by atoms with Crippen LogP contribution in [0, 0.1) is 0 Å². The molecule has 0 aromatic heterocycles. The molecule has 0 aromatic rings. The van der Waals surface area contributed by atoms with Crippen molar-refractivity contribution < 1.29 is 73.8 Å². The Balaban J connectivity index is 1.83. The summed E-state index contributed by atoms with van der Waals surface area (Å²) in [6, 6.07) is 0. The van der Waals surface area contributed by atoms with E-state index in [2.05, 4.69) is 13.8 Å². The molecule has 2 heterocycles. The second-order valence-corrected chi connectivity index (χ2v) is 16.6. The predicted molar refractivity (Wildman–Crippen MR) is 220 cm³/mol. The minimum absolute atomic E-state index is 0.172. The van der Waals surface area contributed by atoms with E-state index in [9.17, 15) is 45.3 Å². The van der Waals surface area contributed by atoms with E-state index in [1.165, 1.54) is 96.3 Å². The lowest BCUT2D eigenvalue weighted by molar-refractivity contribution is -0.332. The van der Waals surface area contributed by atoms with Gasteiger partial charge in [0.2, 0.25) is 0 Å². The number of hydrogen-bond acceptors (Lipinski definition) is 15. The summed E-state index contributed by atoms with van der Waals surface area (Å²) in [5, 5.41) is 71.8. The zero-order chi connectivity index (χ0) is 43.3. The molecule has 15 nitrogen and oxygen atoms in total. The van der Waals surface area contributed by atoms with Gasteiger partial charge in [0.25, 0.3) is 0 Å². The minimum Gasteiger partial charge on any atom is -0.462 e. The topological polar surface area (TPSA) is 231 Å². The highest BCUT2D eigenvalue weighted by Gasteiger charge is 2.47. The van der Waals surface area contributed by atoms with Crippen molar-refractivity contribution in [3.8, 4) is 0 Å². The first-order valence-electron chi connectivity index (χ1n) is 23.1. The Morgan fingerprint density at radius 1 is 0.475 bits per heavy atom. The smallest absolute Gasteiger partial charge is 0.306 e. The van der Waals surface area contributed by atoms with Crippen LogP contribution in [0.2, 0.25) is 0 Å². The predicted octanol–water partition coefficient (Wildman–Crippen LogP) is 4.87. The standard InChI is InChI=1S/C44H82O15/c1-3-5-7-9-11-13-14-15-16-17-18-19-21-23-25-27-36(47)57-32(29-54-35(46)26-24-22-20-12-10-8-6-4-2)30-55-43-42(53)40(51)38(49)34(59-43)31-56-44-41(52)39(50)37(48)33(28-45)58-44/h32-34,37-45,48-53H,3-31H2,1-2H3/t32-,33-,34-,37+,38+,39+,40+,41-,42-,43-,44+/m1/s1. The van der Waals surface area contributed by atoms with E-state index in [1.807, 2.05) is 0 Å². The van der Waals surface area contributed by atoms with Gasteiger partial charge in [-0.05, 0) is 12.8 Å². The average molecular weight is 851 g/mol. The molecule has 0 amide bonds. The van der Waals surface area contributed by atoms with Crippen molar-refractivity contribution in [3.05, 3.63) is 0 Å². The molecule has 15 heteroatoms. The lowest BCUT2D eigenvalue weighted by atomic mass is 9.98. The summed E-state index contributed by atoms with van der Waals surface area (Å²) >= 11 is 0. The van der Waals surface area contributed by atoms with Gasteiger partial charge < -0.3 is 64.2 Å². The number of aliphatic hydroxyl groups excluding tert-OH is 7. The van der Waals surface area contributed by atoms with Crippen LogP contribution in [0.25, 0.3) is 0 Å². The van der Waals surface area contributed by atoms with Crippen molar-refractivity contribution in [2.75, 3.05) is 26.4 Å².